The first-order valence-electron chi connectivity index (χ1n) is 13.1. The minimum Gasteiger partial charge on any atom is -0.492 e. The zero-order valence-electron chi connectivity index (χ0n) is 20.9. The van der Waals surface area contributed by atoms with Crippen molar-refractivity contribution in [2.45, 2.75) is 45.3 Å². The highest BCUT2D eigenvalue weighted by molar-refractivity contribution is 6.31. The van der Waals surface area contributed by atoms with Crippen LogP contribution in [0.5, 0.6) is 5.75 Å². The van der Waals surface area contributed by atoms with Crippen LogP contribution in [0, 0.1) is 5.92 Å². The van der Waals surface area contributed by atoms with Crippen molar-refractivity contribution in [2.24, 2.45) is 5.92 Å². The summed E-state index contributed by atoms with van der Waals surface area (Å²) in [6, 6.07) is 24.6. The molecule has 0 spiro atoms. The number of ether oxygens (including phenoxy) is 1. The van der Waals surface area contributed by atoms with Gasteiger partial charge in [-0.3, -0.25) is 14.6 Å². The summed E-state index contributed by atoms with van der Waals surface area (Å²) in [4.78, 5) is 18.0. The summed E-state index contributed by atoms with van der Waals surface area (Å²) in [5.74, 6) is 1.77. The van der Waals surface area contributed by atoms with Crippen LogP contribution in [0.25, 0.3) is 0 Å². The number of hydrogen-bond donors (Lipinski definition) is 0. The Kier molecular flexibility index (Phi) is 8.37. The number of Topliss-reactive ketones (excluding diaryl/α,β-unsaturated/α-hetero) is 1. The van der Waals surface area contributed by atoms with Gasteiger partial charge in [-0.05, 0) is 73.7 Å². The molecule has 5 heteroatoms. The number of piperidine rings is 1. The molecule has 4 nitrogen and oxygen atoms in total. The minimum atomic E-state index is 0.246. The van der Waals surface area contributed by atoms with Gasteiger partial charge in [-0.1, -0.05) is 60.1 Å². The summed E-state index contributed by atoms with van der Waals surface area (Å²) in [6.45, 7) is 6.27. The number of rotatable bonds is 8. The molecular formula is C31H35ClN2O2. The number of halogens is 1. The van der Waals surface area contributed by atoms with E-state index in [1.165, 1.54) is 11.1 Å². The van der Waals surface area contributed by atoms with Gasteiger partial charge >= 0.3 is 0 Å². The molecule has 3 aromatic rings. The second kappa shape index (κ2) is 12.1. The fourth-order valence-corrected chi connectivity index (χ4v) is 5.57. The maximum Gasteiger partial charge on any atom is 0.162 e. The number of ketones is 1. The van der Waals surface area contributed by atoms with Gasteiger partial charge < -0.3 is 4.74 Å². The Labute approximate surface area is 219 Å². The number of fused-ring (bicyclic) bond motifs is 1. The van der Waals surface area contributed by atoms with Gasteiger partial charge in [0.15, 0.2) is 5.78 Å². The molecule has 0 atom stereocenters. The summed E-state index contributed by atoms with van der Waals surface area (Å²) in [5, 5.41) is 0.847. The van der Waals surface area contributed by atoms with E-state index in [0.29, 0.717) is 18.9 Å². The van der Waals surface area contributed by atoms with Crippen molar-refractivity contribution < 1.29 is 9.53 Å². The fraction of sp³-hybridized carbons (Fsp3) is 0.387. The van der Waals surface area contributed by atoms with Gasteiger partial charge in [0, 0.05) is 48.7 Å². The smallest absolute Gasteiger partial charge is 0.162 e. The van der Waals surface area contributed by atoms with Gasteiger partial charge in [0.2, 0.25) is 0 Å². The van der Waals surface area contributed by atoms with E-state index in [-0.39, 0.29) is 5.78 Å². The summed E-state index contributed by atoms with van der Waals surface area (Å²) in [7, 11) is 0. The number of nitrogens with zero attached hydrogens (tertiary/aromatic N) is 2. The zero-order valence-corrected chi connectivity index (χ0v) is 21.6. The van der Waals surface area contributed by atoms with E-state index in [2.05, 4.69) is 52.3 Å². The number of likely N-dealkylation sites (tertiary alicyclic amines) is 1. The number of carbonyl (C=O) groups is 1. The van der Waals surface area contributed by atoms with Gasteiger partial charge in [0.25, 0.3) is 0 Å². The van der Waals surface area contributed by atoms with Crippen LogP contribution in [0.4, 0.5) is 0 Å². The lowest BCUT2D eigenvalue weighted by Crippen LogP contribution is -2.33. The number of hydrogen-bond acceptors (Lipinski definition) is 4. The van der Waals surface area contributed by atoms with E-state index in [4.69, 9.17) is 16.3 Å². The zero-order chi connectivity index (χ0) is 24.7. The summed E-state index contributed by atoms with van der Waals surface area (Å²) >= 11 is 6.34. The highest BCUT2D eigenvalue weighted by Crippen LogP contribution is 2.28. The molecule has 0 aromatic heterocycles. The minimum absolute atomic E-state index is 0.246. The molecule has 36 heavy (non-hydrogen) atoms. The lowest BCUT2D eigenvalue weighted by Gasteiger charge is -2.32. The molecule has 0 aliphatic carbocycles. The predicted octanol–water partition coefficient (Wildman–Crippen LogP) is 6.61. The molecule has 0 amide bonds. The Morgan fingerprint density at radius 1 is 0.889 bits per heavy atom. The molecule has 1 fully saturated rings. The maximum atomic E-state index is 13.1. The van der Waals surface area contributed by atoms with E-state index < -0.39 is 0 Å². The summed E-state index contributed by atoms with van der Waals surface area (Å²) < 4.78 is 6.00. The molecule has 2 aliphatic heterocycles. The van der Waals surface area contributed by atoms with E-state index in [1.54, 1.807) is 0 Å². The van der Waals surface area contributed by atoms with Crippen molar-refractivity contribution in [3.05, 3.63) is 100 Å². The average molecular weight is 503 g/mol. The van der Waals surface area contributed by atoms with Crippen LogP contribution in [0.15, 0.2) is 72.8 Å². The first kappa shape index (κ1) is 25.0. The second-order valence-corrected chi connectivity index (χ2v) is 10.5. The molecule has 3 aromatic carbocycles. The Morgan fingerprint density at radius 2 is 1.67 bits per heavy atom. The SMILES string of the molecule is O=C(CCC1CCN(Cc2ccccc2Cl)CC1)c1ccc2c(c1)CN(Cc1ccccc1)CCO2. The van der Waals surface area contributed by atoms with Gasteiger partial charge in [0.05, 0.1) is 0 Å². The number of benzene rings is 3. The second-order valence-electron chi connectivity index (χ2n) is 10.1. The van der Waals surface area contributed by atoms with Crippen molar-refractivity contribution >= 4 is 17.4 Å². The first-order chi connectivity index (χ1) is 17.6. The third-order valence-electron chi connectivity index (χ3n) is 7.53. The maximum absolute atomic E-state index is 13.1. The highest BCUT2D eigenvalue weighted by atomic mass is 35.5. The molecule has 2 heterocycles. The van der Waals surface area contributed by atoms with Crippen LogP contribution in [0.2, 0.25) is 5.02 Å². The van der Waals surface area contributed by atoms with E-state index in [1.807, 2.05) is 30.3 Å². The van der Waals surface area contributed by atoms with Crippen LogP contribution < -0.4 is 4.74 Å². The van der Waals surface area contributed by atoms with Crippen LogP contribution in [-0.2, 0) is 19.6 Å². The first-order valence-corrected chi connectivity index (χ1v) is 13.5. The Balaban J connectivity index is 1.12. The molecule has 0 N–H and O–H groups in total. The van der Waals surface area contributed by atoms with Gasteiger partial charge in [-0.2, -0.15) is 0 Å². The van der Waals surface area contributed by atoms with E-state index >= 15 is 0 Å². The molecule has 0 radical (unpaired) electrons. The third kappa shape index (κ3) is 6.56. The fourth-order valence-electron chi connectivity index (χ4n) is 5.38. The lowest BCUT2D eigenvalue weighted by atomic mass is 9.90. The van der Waals surface area contributed by atoms with Crippen molar-refractivity contribution in [1.82, 2.24) is 9.80 Å². The normalized spacial score (nSPS) is 17.2. The Hall–Kier alpha value is -2.66. The predicted molar refractivity (Wildman–Crippen MR) is 146 cm³/mol. The molecule has 0 bridgehead atoms. The van der Waals surface area contributed by atoms with Gasteiger partial charge in [-0.15, -0.1) is 0 Å². The average Bonchev–Trinajstić information content (AvgIpc) is 3.11. The number of carbonyl (C=O) groups excluding carboxylic acids is 1. The van der Waals surface area contributed by atoms with Crippen LogP contribution in [0.1, 0.15) is 52.7 Å². The Morgan fingerprint density at radius 3 is 2.47 bits per heavy atom. The molecule has 1 saturated heterocycles. The van der Waals surface area contributed by atoms with Gasteiger partial charge in [0.1, 0.15) is 12.4 Å². The quantitative estimate of drug-likeness (QED) is 0.324. The molecular weight excluding hydrogens is 468 g/mol. The molecule has 0 unspecified atom stereocenters. The van der Waals surface area contributed by atoms with E-state index in [9.17, 15) is 4.79 Å². The summed E-state index contributed by atoms with van der Waals surface area (Å²) in [6.07, 6.45) is 3.86. The highest BCUT2D eigenvalue weighted by Gasteiger charge is 2.22. The lowest BCUT2D eigenvalue weighted by molar-refractivity contribution is 0.0961. The van der Waals surface area contributed by atoms with Crippen molar-refractivity contribution in [1.29, 1.82) is 0 Å². The molecule has 5 rings (SSSR count). The molecule has 2 aliphatic rings. The van der Waals surface area contributed by atoms with Crippen molar-refractivity contribution in [2.75, 3.05) is 26.2 Å². The van der Waals surface area contributed by atoms with Gasteiger partial charge in [-0.25, -0.2) is 0 Å². The van der Waals surface area contributed by atoms with Crippen LogP contribution >= 0.6 is 11.6 Å². The van der Waals surface area contributed by atoms with Crippen molar-refractivity contribution in [3.8, 4) is 5.75 Å². The van der Waals surface area contributed by atoms with Crippen LogP contribution in [-0.4, -0.2) is 41.8 Å². The largest absolute Gasteiger partial charge is 0.492 e. The molecule has 0 saturated carbocycles. The monoisotopic (exact) mass is 502 g/mol. The Bertz CT molecular complexity index is 1160. The van der Waals surface area contributed by atoms with Crippen molar-refractivity contribution in [3.63, 3.8) is 0 Å². The summed E-state index contributed by atoms with van der Waals surface area (Å²) in [5.41, 5.74) is 4.42. The standard InChI is InChI=1S/C31H35ClN2O2/c32-29-9-5-4-8-27(29)22-33-16-14-24(15-17-33)10-12-30(35)26-11-13-31-28(20-26)23-34(18-19-36-31)21-25-6-2-1-3-7-25/h1-9,11,13,20,24H,10,12,14-19,21-23H2. The van der Waals surface area contributed by atoms with Crippen LogP contribution in [0.3, 0.4) is 0 Å². The van der Waals surface area contributed by atoms with E-state index in [0.717, 1.165) is 80.4 Å². The topological polar surface area (TPSA) is 32.8 Å². The molecule has 188 valence electrons. The third-order valence-corrected chi connectivity index (χ3v) is 7.90.